The van der Waals surface area contributed by atoms with Gasteiger partial charge in [-0.2, -0.15) is 4.39 Å². The van der Waals surface area contributed by atoms with Crippen LogP contribution in [0.5, 0.6) is 0 Å². The van der Waals surface area contributed by atoms with Gasteiger partial charge in [-0.05, 0) is 18.2 Å². The molecular formula is C12H7FO. The monoisotopic (exact) mass is 186 g/mol. The first-order valence-electron chi connectivity index (χ1n) is 4.16. The molecule has 68 valence electrons. The molecule has 1 heterocycles. The molecule has 0 bridgehead atoms. The standard InChI is InChI=1S/C12H7FO/c13-12-11(8-9-14-12)7-6-10-4-2-1-3-5-10/h1-5,8-9H. The second-order valence-corrected chi connectivity index (χ2v) is 2.72. The summed E-state index contributed by atoms with van der Waals surface area (Å²) in [6.07, 6.45) is 1.28. The molecule has 0 saturated heterocycles. The summed E-state index contributed by atoms with van der Waals surface area (Å²) in [4.78, 5) is 0. The zero-order valence-electron chi connectivity index (χ0n) is 7.33. The van der Waals surface area contributed by atoms with Crippen LogP contribution in [0.1, 0.15) is 11.1 Å². The highest BCUT2D eigenvalue weighted by molar-refractivity contribution is 5.41. The van der Waals surface area contributed by atoms with Gasteiger partial charge in [0.05, 0.1) is 6.26 Å². The average molecular weight is 186 g/mol. The molecule has 14 heavy (non-hydrogen) atoms. The van der Waals surface area contributed by atoms with Crippen LogP contribution in [-0.2, 0) is 0 Å². The quantitative estimate of drug-likeness (QED) is 0.576. The fraction of sp³-hybridized carbons (Fsp3) is 0. The van der Waals surface area contributed by atoms with E-state index in [9.17, 15) is 4.39 Å². The van der Waals surface area contributed by atoms with Crippen LogP contribution >= 0.6 is 0 Å². The minimum atomic E-state index is -0.631. The first-order chi connectivity index (χ1) is 6.86. The smallest absolute Gasteiger partial charge is 0.293 e. The van der Waals surface area contributed by atoms with Gasteiger partial charge in [-0.1, -0.05) is 30.0 Å². The Labute approximate surface area is 81.2 Å². The molecule has 0 aliphatic rings. The molecule has 0 aliphatic heterocycles. The summed E-state index contributed by atoms with van der Waals surface area (Å²) in [5, 5.41) is 0. The normalized spacial score (nSPS) is 9.21. The van der Waals surface area contributed by atoms with E-state index >= 15 is 0 Å². The molecule has 1 aromatic carbocycles. The number of furan rings is 1. The van der Waals surface area contributed by atoms with Crippen molar-refractivity contribution in [2.75, 3.05) is 0 Å². The van der Waals surface area contributed by atoms with Crippen molar-refractivity contribution in [2.45, 2.75) is 0 Å². The van der Waals surface area contributed by atoms with E-state index in [-0.39, 0.29) is 5.56 Å². The summed E-state index contributed by atoms with van der Waals surface area (Å²) in [5.74, 6) is 5.53. The van der Waals surface area contributed by atoms with E-state index in [0.717, 1.165) is 5.56 Å². The maximum atomic E-state index is 12.8. The largest absolute Gasteiger partial charge is 0.439 e. The fourth-order valence-electron chi connectivity index (χ4n) is 1.04. The minimum Gasteiger partial charge on any atom is -0.439 e. The predicted octanol–water partition coefficient (Wildman–Crippen LogP) is 2.82. The number of halogens is 1. The lowest BCUT2D eigenvalue weighted by Crippen LogP contribution is -1.75. The summed E-state index contributed by atoms with van der Waals surface area (Å²) in [6, 6.07) is 10.3. The molecule has 0 aliphatic carbocycles. The molecule has 0 spiro atoms. The van der Waals surface area contributed by atoms with E-state index in [1.807, 2.05) is 30.3 Å². The van der Waals surface area contributed by atoms with Gasteiger partial charge in [0.2, 0.25) is 0 Å². The number of benzene rings is 1. The molecule has 0 saturated carbocycles. The lowest BCUT2D eigenvalue weighted by atomic mass is 10.2. The van der Waals surface area contributed by atoms with Crippen molar-refractivity contribution in [2.24, 2.45) is 0 Å². The summed E-state index contributed by atoms with van der Waals surface area (Å²) in [7, 11) is 0. The van der Waals surface area contributed by atoms with Crippen molar-refractivity contribution < 1.29 is 8.81 Å². The predicted molar refractivity (Wildman–Crippen MR) is 51.1 cm³/mol. The van der Waals surface area contributed by atoms with Gasteiger partial charge in [-0.3, -0.25) is 0 Å². The Bertz CT molecular complexity index is 474. The molecule has 0 unspecified atom stereocenters. The van der Waals surface area contributed by atoms with Gasteiger partial charge in [0.15, 0.2) is 0 Å². The number of hydrogen-bond acceptors (Lipinski definition) is 1. The Kier molecular flexibility index (Phi) is 2.33. The molecular weight excluding hydrogens is 179 g/mol. The summed E-state index contributed by atoms with van der Waals surface area (Å²) in [5.41, 5.74) is 1.14. The van der Waals surface area contributed by atoms with Crippen molar-refractivity contribution in [3.8, 4) is 11.8 Å². The van der Waals surface area contributed by atoms with Gasteiger partial charge in [-0.25, -0.2) is 0 Å². The van der Waals surface area contributed by atoms with Crippen molar-refractivity contribution in [3.05, 3.63) is 59.8 Å². The molecule has 0 amide bonds. The Morgan fingerprint density at radius 3 is 2.43 bits per heavy atom. The second-order valence-electron chi connectivity index (χ2n) is 2.72. The van der Waals surface area contributed by atoms with Crippen LogP contribution in [0.25, 0.3) is 0 Å². The third kappa shape index (κ3) is 1.83. The fourth-order valence-corrected chi connectivity index (χ4v) is 1.04. The molecule has 0 atom stereocenters. The highest BCUT2D eigenvalue weighted by Crippen LogP contribution is 2.06. The zero-order valence-corrected chi connectivity index (χ0v) is 7.33. The maximum Gasteiger partial charge on any atom is 0.293 e. The molecule has 2 aromatic rings. The summed E-state index contributed by atoms with van der Waals surface area (Å²) >= 11 is 0. The lowest BCUT2D eigenvalue weighted by Gasteiger charge is -1.85. The van der Waals surface area contributed by atoms with Crippen LogP contribution < -0.4 is 0 Å². The lowest BCUT2D eigenvalue weighted by molar-refractivity contribution is 0.357. The Morgan fingerprint density at radius 2 is 1.79 bits per heavy atom. The number of rotatable bonds is 0. The molecule has 1 nitrogen and oxygen atoms in total. The molecule has 2 rings (SSSR count). The topological polar surface area (TPSA) is 13.1 Å². The molecule has 0 radical (unpaired) electrons. The van der Waals surface area contributed by atoms with Crippen LogP contribution in [0.15, 0.2) is 47.1 Å². The van der Waals surface area contributed by atoms with Crippen LogP contribution in [0.2, 0.25) is 0 Å². The van der Waals surface area contributed by atoms with Crippen molar-refractivity contribution in [3.63, 3.8) is 0 Å². The van der Waals surface area contributed by atoms with Gasteiger partial charge < -0.3 is 4.42 Å². The van der Waals surface area contributed by atoms with Gasteiger partial charge in [0.25, 0.3) is 6.01 Å². The maximum absolute atomic E-state index is 12.8. The number of hydrogen-bond donors (Lipinski definition) is 0. The Morgan fingerprint density at radius 1 is 1.00 bits per heavy atom. The van der Waals surface area contributed by atoms with E-state index < -0.39 is 6.01 Å². The molecule has 0 N–H and O–H groups in total. The van der Waals surface area contributed by atoms with Gasteiger partial charge in [-0.15, -0.1) is 0 Å². The van der Waals surface area contributed by atoms with Crippen LogP contribution in [0, 0.1) is 17.9 Å². The highest BCUT2D eigenvalue weighted by Gasteiger charge is 1.99. The van der Waals surface area contributed by atoms with E-state index in [1.165, 1.54) is 12.3 Å². The van der Waals surface area contributed by atoms with Crippen molar-refractivity contribution >= 4 is 0 Å². The van der Waals surface area contributed by atoms with Crippen LogP contribution in [-0.4, -0.2) is 0 Å². The average Bonchev–Trinajstić information content (AvgIpc) is 2.63. The highest BCUT2D eigenvalue weighted by atomic mass is 19.1. The Balaban J connectivity index is 2.28. The Hall–Kier alpha value is -2.01. The third-order valence-electron chi connectivity index (χ3n) is 1.73. The summed E-state index contributed by atoms with van der Waals surface area (Å²) in [6.45, 7) is 0. The van der Waals surface area contributed by atoms with E-state index in [4.69, 9.17) is 0 Å². The first kappa shape index (κ1) is 8.58. The second kappa shape index (κ2) is 3.80. The van der Waals surface area contributed by atoms with Crippen molar-refractivity contribution in [1.29, 1.82) is 0 Å². The molecule has 2 heteroatoms. The first-order valence-corrected chi connectivity index (χ1v) is 4.16. The SMILES string of the molecule is Fc1occc1C#Cc1ccccc1. The van der Waals surface area contributed by atoms with Gasteiger partial charge in [0, 0.05) is 5.56 Å². The summed E-state index contributed by atoms with van der Waals surface area (Å²) < 4.78 is 17.3. The zero-order chi connectivity index (χ0) is 9.80. The third-order valence-corrected chi connectivity index (χ3v) is 1.73. The van der Waals surface area contributed by atoms with E-state index in [0.29, 0.717) is 0 Å². The van der Waals surface area contributed by atoms with E-state index in [2.05, 4.69) is 16.3 Å². The van der Waals surface area contributed by atoms with Crippen molar-refractivity contribution in [1.82, 2.24) is 0 Å². The molecule has 0 fully saturated rings. The van der Waals surface area contributed by atoms with Crippen LogP contribution in [0.3, 0.4) is 0 Å². The van der Waals surface area contributed by atoms with Gasteiger partial charge in [0.1, 0.15) is 5.56 Å². The van der Waals surface area contributed by atoms with Gasteiger partial charge >= 0.3 is 0 Å². The van der Waals surface area contributed by atoms with E-state index in [1.54, 1.807) is 0 Å². The minimum absolute atomic E-state index is 0.286. The van der Waals surface area contributed by atoms with Crippen LogP contribution in [0.4, 0.5) is 4.39 Å². The molecule has 1 aromatic heterocycles.